The fourth-order valence-electron chi connectivity index (χ4n) is 1.60. The van der Waals surface area contributed by atoms with Gasteiger partial charge in [-0.1, -0.05) is 24.3 Å². The van der Waals surface area contributed by atoms with Crippen LogP contribution in [-0.4, -0.2) is 13.2 Å². The molecule has 0 spiro atoms. The van der Waals surface area contributed by atoms with Gasteiger partial charge in [-0.15, -0.1) is 0 Å². The smallest absolute Gasteiger partial charge is 0.309 e. The molecule has 4 nitrogen and oxygen atoms in total. The first-order chi connectivity index (χ1) is 8.63. The molecule has 0 aliphatic heterocycles. The van der Waals surface area contributed by atoms with Crippen molar-refractivity contribution < 1.29 is 13.6 Å². The van der Waals surface area contributed by atoms with E-state index in [4.69, 9.17) is 14.3 Å². The Morgan fingerprint density at radius 1 is 1.11 bits per heavy atom. The van der Waals surface area contributed by atoms with Crippen LogP contribution in [0, 0.1) is 11.3 Å². The Morgan fingerprint density at radius 3 is 2.06 bits per heavy atom. The lowest BCUT2D eigenvalue weighted by molar-refractivity contribution is 0.219. The number of nitrogens with zero attached hydrogens (tertiary/aromatic N) is 1. The largest absolute Gasteiger partial charge is 0.335 e. The lowest BCUT2D eigenvalue weighted by Gasteiger charge is -2.16. The zero-order chi connectivity index (χ0) is 13.4. The second kappa shape index (κ2) is 7.33. The summed E-state index contributed by atoms with van der Waals surface area (Å²) in [6, 6.07) is 9.53. The van der Waals surface area contributed by atoms with Gasteiger partial charge in [0, 0.05) is 0 Å². The molecular weight excluding hydrogens is 249 g/mol. The van der Waals surface area contributed by atoms with Gasteiger partial charge in [-0.05, 0) is 25.0 Å². The van der Waals surface area contributed by atoms with Gasteiger partial charge in [-0.2, -0.15) is 5.26 Å². The van der Waals surface area contributed by atoms with Gasteiger partial charge in [-0.25, -0.2) is 0 Å². The molecule has 0 atom stereocenters. The third-order valence-corrected chi connectivity index (χ3v) is 4.39. The van der Waals surface area contributed by atoms with E-state index in [0.29, 0.717) is 19.6 Å². The van der Waals surface area contributed by atoms with Crippen LogP contribution in [0.4, 0.5) is 0 Å². The molecule has 0 saturated carbocycles. The Kier molecular flexibility index (Phi) is 6.07. The molecule has 5 heteroatoms. The summed E-state index contributed by atoms with van der Waals surface area (Å²) in [4.78, 5) is 0. The van der Waals surface area contributed by atoms with E-state index < -0.39 is 7.60 Å². The lowest BCUT2D eigenvalue weighted by Crippen LogP contribution is -1.99. The molecule has 0 aromatic heterocycles. The normalized spacial score (nSPS) is 11.2. The molecule has 0 bridgehead atoms. The van der Waals surface area contributed by atoms with E-state index in [1.165, 1.54) is 0 Å². The van der Waals surface area contributed by atoms with Crippen molar-refractivity contribution in [1.82, 2.24) is 0 Å². The number of rotatable bonds is 7. The summed E-state index contributed by atoms with van der Waals surface area (Å²) in [6.07, 6.45) is 0.649. The minimum atomic E-state index is -3.04. The zero-order valence-corrected chi connectivity index (χ0v) is 11.7. The van der Waals surface area contributed by atoms with E-state index in [1.807, 2.05) is 24.3 Å². The van der Waals surface area contributed by atoms with Gasteiger partial charge in [0.05, 0.1) is 31.9 Å². The van der Waals surface area contributed by atoms with Crippen molar-refractivity contribution in [3.63, 3.8) is 0 Å². The maximum absolute atomic E-state index is 12.3. The van der Waals surface area contributed by atoms with E-state index in [0.717, 1.165) is 11.1 Å². The maximum atomic E-state index is 12.3. The van der Waals surface area contributed by atoms with Crippen LogP contribution < -0.4 is 0 Å². The molecule has 0 amide bonds. The molecule has 0 radical (unpaired) electrons. The summed E-state index contributed by atoms with van der Waals surface area (Å²) < 4.78 is 22.8. The number of benzene rings is 1. The van der Waals surface area contributed by atoms with Gasteiger partial charge in [0.2, 0.25) is 0 Å². The van der Waals surface area contributed by atoms with Gasteiger partial charge < -0.3 is 9.05 Å². The van der Waals surface area contributed by atoms with Crippen LogP contribution in [-0.2, 0) is 26.2 Å². The summed E-state index contributed by atoms with van der Waals surface area (Å²) >= 11 is 0. The van der Waals surface area contributed by atoms with Crippen molar-refractivity contribution in [2.75, 3.05) is 13.2 Å². The molecule has 0 aliphatic carbocycles. The standard InChI is InChI=1S/C13H18NO3P/c1-3-16-18(15,17-4-2)11-13-7-5-12(6-8-13)9-10-14/h5-8H,3-4,9,11H2,1-2H3. The number of hydrogen-bond acceptors (Lipinski definition) is 4. The van der Waals surface area contributed by atoms with E-state index in [9.17, 15) is 4.57 Å². The Balaban J connectivity index is 2.75. The number of nitriles is 1. The van der Waals surface area contributed by atoms with Gasteiger partial charge in [-0.3, -0.25) is 4.57 Å². The molecule has 0 fully saturated rings. The quantitative estimate of drug-likeness (QED) is 0.709. The van der Waals surface area contributed by atoms with Crippen molar-refractivity contribution in [3.8, 4) is 6.07 Å². The van der Waals surface area contributed by atoms with Crippen LogP contribution in [0.15, 0.2) is 24.3 Å². The molecule has 0 heterocycles. The predicted octanol–water partition coefficient (Wildman–Crippen LogP) is 3.52. The van der Waals surface area contributed by atoms with E-state index in [-0.39, 0.29) is 6.16 Å². The molecule has 0 aliphatic rings. The first-order valence-electron chi connectivity index (χ1n) is 5.96. The third kappa shape index (κ3) is 4.62. The highest BCUT2D eigenvalue weighted by Gasteiger charge is 2.23. The van der Waals surface area contributed by atoms with Gasteiger partial charge >= 0.3 is 7.60 Å². The van der Waals surface area contributed by atoms with Crippen molar-refractivity contribution in [2.45, 2.75) is 26.4 Å². The second-order valence-corrected chi connectivity index (χ2v) is 5.81. The Hall–Kier alpha value is -1.14. The van der Waals surface area contributed by atoms with Gasteiger partial charge in [0.15, 0.2) is 0 Å². The summed E-state index contributed by atoms with van der Waals surface area (Å²) in [6.45, 7) is 4.32. The van der Waals surface area contributed by atoms with Crippen LogP contribution in [0.5, 0.6) is 0 Å². The molecular formula is C13H18NO3P. The highest BCUT2D eigenvalue weighted by molar-refractivity contribution is 7.53. The summed E-state index contributed by atoms with van der Waals surface area (Å²) in [7, 11) is -3.04. The third-order valence-electron chi connectivity index (χ3n) is 2.33. The van der Waals surface area contributed by atoms with Crippen LogP contribution in [0.1, 0.15) is 25.0 Å². The Labute approximate surface area is 108 Å². The molecule has 0 N–H and O–H groups in total. The maximum Gasteiger partial charge on any atom is 0.335 e. The van der Waals surface area contributed by atoms with Gasteiger partial charge in [0.1, 0.15) is 0 Å². The fraction of sp³-hybridized carbons (Fsp3) is 0.462. The van der Waals surface area contributed by atoms with E-state index in [1.54, 1.807) is 13.8 Å². The van der Waals surface area contributed by atoms with Crippen LogP contribution in [0.25, 0.3) is 0 Å². The average Bonchev–Trinajstić information content (AvgIpc) is 2.32. The zero-order valence-electron chi connectivity index (χ0n) is 10.8. The van der Waals surface area contributed by atoms with Crippen molar-refractivity contribution >= 4 is 7.60 Å². The number of hydrogen-bond donors (Lipinski definition) is 0. The molecule has 0 saturated heterocycles. The van der Waals surface area contributed by atoms with Crippen LogP contribution in [0.2, 0.25) is 0 Å². The van der Waals surface area contributed by atoms with Crippen molar-refractivity contribution in [2.24, 2.45) is 0 Å². The average molecular weight is 267 g/mol. The van der Waals surface area contributed by atoms with E-state index >= 15 is 0 Å². The van der Waals surface area contributed by atoms with Crippen LogP contribution >= 0.6 is 7.60 Å². The SMILES string of the molecule is CCOP(=O)(Cc1ccc(CC#N)cc1)OCC. The fourth-order valence-corrected chi connectivity index (χ4v) is 3.30. The molecule has 1 rings (SSSR count). The highest BCUT2D eigenvalue weighted by Crippen LogP contribution is 2.51. The lowest BCUT2D eigenvalue weighted by atomic mass is 10.1. The Morgan fingerprint density at radius 2 is 1.61 bits per heavy atom. The predicted molar refractivity (Wildman–Crippen MR) is 70.3 cm³/mol. The van der Waals surface area contributed by atoms with Crippen molar-refractivity contribution in [1.29, 1.82) is 5.26 Å². The molecule has 98 valence electrons. The summed E-state index contributed by atoms with van der Waals surface area (Å²) in [5.74, 6) is 0. The first-order valence-corrected chi connectivity index (χ1v) is 7.69. The molecule has 0 unspecified atom stereocenters. The monoisotopic (exact) mass is 267 g/mol. The molecule has 1 aromatic rings. The summed E-state index contributed by atoms with van der Waals surface area (Å²) in [5, 5.41) is 8.58. The van der Waals surface area contributed by atoms with Crippen molar-refractivity contribution in [3.05, 3.63) is 35.4 Å². The highest BCUT2D eigenvalue weighted by atomic mass is 31.2. The van der Waals surface area contributed by atoms with E-state index in [2.05, 4.69) is 6.07 Å². The minimum Gasteiger partial charge on any atom is -0.309 e. The van der Waals surface area contributed by atoms with Gasteiger partial charge in [0.25, 0.3) is 0 Å². The van der Waals surface area contributed by atoms with Crippen LogP contribution in [0.3, 0.4) is 0 Å². The Bertz CT molecular complexity index is 440. The topological polar surface area (TPSA) is 59.3 Å². The minimum absolute atomic E-state index is 0.265. The molecule has 1 aromatic carbocycles. The summed E-state index contributed by atoms with van der Waals surface area (Å²) in [5.41, 5.74) is 1.84. The second-order valence-electron chi connectivity index (χ2n) is 3.76. The molecule has 18 heavy (non-hydrogen) atoms. The first kappa shape index (κ1) is 14.9.